The first-order chi connectivity index (χ1) is 9.61. The van der Waals surface area contributed by atoms with Crippen molar-refractivity contribution in [3.63, 3.8) is 0 Å². The van der Waals surface area contributed by atoms with Crippen molar-refractivity contribution in [3.05, 3.63) is 52.8 Å². The fourth-order valence-corrected chi connectivity index (χ4v) is 2.89. The normalized spacial score (nSPS) is 11.1. The topological polar surface area (TPSA) is 54.7 Å². The number of rotatable bonds is 3. The lowest BCUT2D eigenvalue weighted by atomic mass is 10.2. The van der Waals surface area contributed by atoms with Crippen LogP contribution >= 0.6 is 23.4 Å². The molecule has 0 spiro atoms. The largest absolute Gasteiger partial charge is 0.399 e. The minimum Gasteiger partial charge on any atom is -0.399 e. The van der Waals surface area contributed by atoms with Crippen LogP contribution in [0.2, 0.25) is 5.02 Å². The van der Waals surface area contributed by atoms with E-state index in [0.717, 1.165) is 16.2 Å². The van der Waals surface area contributed by atoms with Crippen molar-refractivity contribution in [2.24, 2.45) is 0 Å². The highest BCUT2D eigenvalue weighted by atomic mass is 35.5. The summed E-state index contributed by atoms with van der Waals surface area (Å²) in [6.07, 6.45) is 0. The van der Waals surface area contributed by atoms with E-state index in [2.05, 4.69) is 9.97 Å². The molecule has 0 atom stereocenters. The average molecular weight is 308 g/mol. The highest BCUT2D eigenvalue weighted by Crippen LogP contribution is 2.26. The molecule has 0 amide bonds. The first-order valence-corrected chi connectivity index (χ1v) is 7.30. The van der Waals surface area contributed by atoms with Crippen molar-refractivity contribution in [2.45, 2.75) is 10.9 Å². The Morgan fingerprint density at radius 3 is 2.90 bits per heavy atom. The van der Waals surface area contributed by atoms with Gasteiger partial charge in [0.25, 0.3) is 0 Å². The standard InChI is InChI=1S/C14H11ClFN3S/c15-9-2-1-8(11(16)5-9)7-20-14-18-12-4-3-10(17)6-13(12)19-14/h1-6H,7,17H2,(H,18,19). The maximum atomic E-state index is 13.7. The molecule has 0 unspecified atom stereocenters. The Bertz CT molecular complexity index is 772. The number of anilines is 1. The third kappa shape index (κ3) is 2.73. The second-order valence-electron chi connectivity index (χ2n) is 4.34. The third-order valence-electron chi connectivity index (χ3n) is 2.86. The van der Waals surface area contributed by atoms with Crippen molar-refractivity contribution in [2.75, 3.05) is 5.73 Å². The quantitative estimate of drug-likeness (QED) is 0.562. The number of imidazole rings is 1. The number of nitrogen functional groups attached to an aromatic ring is 1. The minimum atomic E-state index is -0.301. The van der Waals surface area contributed by atoms with E-state index in [1.54, 1.807) is 18.2 Å². The van der Waals surface area contributed by atoms with E-state index in [-0.39, 0.29) is 5.82 Å². The number of hydrogen-bond donors (Lipinski definition) is 2. The summed E-state index contributed by atoms with van der Waals surface area (Å²) in [6, 6.07) is 10.2. The van der Waals surface area contributed by atoms with Gasteiger partial charge in [0.1, 0.15) is 5.82 Å². The molecule has 2 aromatic carbocycles. The number of hydrogen-bond acceptors (Lipinski definition) is 3. The summed E-state index contributed by atoms with van der Waals surface area (Å²) in [5.74, 6) is 0.184. The SMILES string of the molecule is Nc1ccc2nc(SCc3ccc(Cl)cc3F)[nH]c2c1. The Balaban J connectivity index is 1.79. The van der Waals surface area contributed by atoms with E-state index < -0.39 is 0 Å². The number of nitrogens with one attached hydrogen (secondary N) is 1. The van der Waals surface area contributed by atoms with Gasteiger partial charge in [-0.15, -0.1) is 0 Å². The van der Waals surface area contributed by atoms with Crippen LogP contribution in [0.25, 0.3) is 11.0 Å². The molecule has 3 rings (SSSR count). The molecule has 0 saturated carbocycles. The van der Waals surface area contributed by atoms with E-state index in [4.69, 9.17) is 17.3 Å². The van der Waals surface area contributed by atoms with Crippen molar-refractivity contribution in [1.82, 2.24) is 9.97 Å². The predicted octanol–water partition coefficient (Wildman–Crippen LogP) is 4.23. The zero-order valence-corrected chi connectivity index (χ0v) is 11.9. The molecule has 0 radical (unpaired) electrons. The molecule has 3 nitrogen and oxygen atoms in total. The Labute approximate surface area is 124 Å². The summed E-state index contributed by atoms with van der Waals surface area (Å²) < 4.78 is 13.7. The van der Waals surface area contributed by atoms with Crippen LogP contribution < -0.4 is 5.73 Å². The van der Waals surface area contributed by atoms with Crippen molar-refractivity contribution in [3.8, 4) is 0 Å². The number of nitrogens with two attached hydrogens (primary N) is 1. The first kappa shape index (κ1) is 13.3. The van der Waals surface area contributed by atoms with Gasteiger partial charge in [0.2, 0.25) is 0 Å². The molecule has 3 aromatic rings. The van der Waals surface area contributed by atoms with E-state index in [9.17, 15) is 4.39 Å². The van der Waals surface area contributed by atoms with E-state index in [0.29, 0.717) is 22.0 Å². The summed E-state index contributed by atoms with van der Waals surface area (Å²) in [5, 5.41) is 1.13. The summed E-state index contributed by atoms with van der Waals surface area (Å²) >= 11 is 7.16. The Morgan fingerprint density at radius 1 is 1.25 bits per heavy atom. The minimum absolute atomic E-state index is 0.301. The van der Waals surface area contributed by atoms with Gasteiger partial charge in [0, 0.05) is 16.5 Å². The number of aromatic amines is 1. The van der Waals surface area contributed by atoms with Gasteiger partial charge in [-0.2, -0.15) is 0 Å². The maximum absolute atomic E-state index is 13.7. The van der Waals surface area contributed by atoms with Crippen molar-refractivity contribution >= 4 is 40.1 Å². The average Bonchev–Trinajstić information content (AvgIpc) is 2.79. The fraction of sp³-hybridized carbons (Fsp3) is 0.0714. The molecule has 0 aliphatic carbocycles. The van der Waals surface area contributed by atoms with Crippen LogP contribution in [-0.4, -0.2) is 9.97 Å². The third-order valence-corrected chi connectivity index (χ3v) is 4.02. The molecule has 0 fully saturated rings. The molecule has 0 aliphatic heterocycles. The van der Waals surface area contributed by atoms with E-state index in [1.807, 2.05) is 12.1 Å². The van der Waals surface area contributed by atoms with Gasteiger partial charge >= 0.3 is 0 Å². The molecule has 0 aliphatic rings. The second kappa shape index (κ2) is 5.34. The lowest BCUT2D eigenvalue weighted by Gasteiger charge is -2.01. The van der Waals surface area contributed by atoms with Gasteiger partial charge in [0.15, 0.2) is 5.16 Å². The van der Waals surface area contributed by atoms with E-state index in [1.165, 1.54) is 17.8 Å². The van der Waals surface area contributed by atoms with Gasteiger partial charge in [-0.1, -0.05) is 29.4 Å². The summed E-state index contributed by atoms with van der Waals surface area (Å²) in [6.45, 7) is 0. The lowest BCUT2D eigenvalue weighted by molar-refractivity contribution is 0.617. The molecular formula is C14H11ClFN3S. The molecule has 0 bridgehead atoms. The number of fused-ring (bicyclic) bond motifs is 1. The Kier molecular flexibility index (Phi) is 3.54. The molecule has 0 saturated heterocycles. The van der Waals surface area contributed by atoms with Crippen LogP contribution in [0.5, 0.6) is 0 Å². The number of benzene rings is 2. The van der Waals surface area contributed by atoms with Crippen LogP contribution in [0.1, 0.15) is 5.56 Å². The zero-order chi connectivity index (χ0) is 14.1. The lowest BCUT2D eigenvalue weighted by Crippen LogP contribution is -1.87. The van der Waals surface area contributed by atoms with Crippen molar-refractivity contribution < 1.29 is 4.39 Å². The van der Waals surface area contributed by atoms with Crippen LogP contribution in [0.15, 0.2) is 41.6 Å². The molecule has 6 heteroatoms. The summed E-state index contributed by atoms with van der Waals surface area (Å²) in [4.78, 5) is 7.58. The van der Waals surface area contributed by atoms with Gasteiger partial charge in [-0.25, -0.2) is 9.37 Å². The molecule has 20 heavy (non-hydrogen) atoms. The van der Waals surface area contributed by atoms with Gasteiger partial charge in [-0.3, -0.25) is 0 Å². The summed E-state index contributed by atoms with van der Waals surface area (Å²) in [5.41, 5.74) is 8.72. The molecule has 3 N–H and O–H groups in total. The molecule has 1 heterocycles. The van der Waals surface area contributed by atoms with Crippen LogP contribution in [0.4, 0.5) is 10.1 Å². The molecule has 1 aromatic heterocycles. The molecular weight excluding hydrogens is 297 g/mol. The number of thioether (sulfide) groups is 1. The molecule has 102 valence electrons. The predicted molar refractivity (Wildman–Crippen MR) is 81.5 cm³/mol. The van der Waals surface area contributed by atoms with Crippen LogP contribution in [0.3, 0.4) is 0 Å². The fourth-order valence-electron chi connectivity index (χ4n) is 1.86. The van der Waals surface area contributed by atoms with Gasteiger partial charge < -0.3 is 10.7 Å². The Morgan fingerprint density at radius 2 is 2.10 bits per heavy atom. The highest BCUT2D eigenvalue weighted by molar-refractivity contribution is 7.98. The highest BCUT2D eigenvalue weighted by Gasteiger charge is 2.07. The van der Waals surface area contributed by atoms with Gasteiger partial charge in [-0.05, 0) is 35.9 Å². The van der Waals surface area contributed by atoms with E-state index >= 15 is 0 Å². The Hall–Kier alpha value is -1.72. The number of aromatic nitrogens is 2. The monoisotopic (exact) mass is 307 g/mol. The first-order valence-electron chi connectivity index (χ1n) is 5.94. The zero-order valence-electron chi connectivity index (χ0n) is 10.4. The second-order valence-corrected chi connectivity index (χ2v) is 5.74. The van der Waals surface area contributed by atoms with Gasteiger partial charge in [0.05, 0.1) is 11.0 Å². The summed E-state index contributed by atoms with van der Waals surface area (Å²) in [7, 11) is 0. The van der Waals surface area contributed by atoms with Crippen LogP contribution in [0, 0.1) is 5.82 Å². The van der Waals surface area contributed by atoms with Crippen molar-refractivity contribution in [1.29, 1.82) is 0 Å². The van der Waals surface area contributed by atoms with Crippen LogP contribution in [-0.2, 0) is 5.75 Å². The number of nitrogens with zero attached hydrogens (tertiary/aromatic N) is 1. The maximum Gasteiger partial charge on any atom is 0.166 e. The number of H-pyrrole nitrogens is 1. The number of halogens is 2. The smallest absolute Gasteiger partial charge is 0.166 e.